The van der Waals surface area contributed by atoms with E-state index in [1.807, 2.05) is 16.6 Å². The molecule has 0 aliphatic heterocycles. The van der Waals surface area contributed by atoms with E-state index >= 15 is 0 Å². The number of nitrogens with zero attached hydrogens (tertiary/aromatic N) is 3. The number of rotatable bonds is 3. The SMILES string of the molecule is CCCc1nn2c(C)c(-c3ccc(Br)cc3)nc2s1. The van der Waals surface area contributed by atoms with Gasteiger partial charge in [-0.3, -0.25) is 0 Å². The van der Waals surface area contributed by atoms with Crippen molar-refractivity contribution in [1.29, 1.82) is 0 Å². The minimum Gasteiger partial charge on any atom is -0.217 e. The lowest BCUT2D eigenvalue weighted by Gasteiger charge is -1.99. The number of aryl methyl sites for hydroxylation is 2. The predicted molar refractivity (Wildman–Crippen MR) is 82.7 cm³/mol. The Morgan fingerprint density at radius 3 is 2.63 bits per heavy atom. The molecule has 0 amide bonds. The Labute approximate surface area is 124 Å². The molecule has 2 aromatic heterocycles. The van der Waals surface area contributed by atoms with Crippen LogP contribution in [0.3, 0.4) is 0 Å². The summed E-state index contributed by atoms with van der Waals surface area (Å²) in [5.74, 6) is 0. The first kappa shape index (κ1) is 12.8. The summed E-state index contributed by atoms with van der Waals surface area (Å²) in [6.45, 7) is 4.25. The molecule has 0 aliphatic carbocycles. The first-order valence-electron chi connectivity index (χ1n) is 6.30. The van der Waals surface area contributed by atoms with Gasteiger partial charge in [-0.15, -0.1) is 0 Å². The molecular weight excluding hydrogens is 322 g/mol. The van der Waals surface area contributed by atoms with Gasteiger partial charge in [0, 0.05) is 16.5 Å². The van der Waals surface area contributed by atoms with Crippen LogP contribution in [0.15, 0.2) is 28.7 Å². The van der Waals surface area contributed by atoms with E-state index in [9.17, 15) is 0 Å². The van der Waals surface area contributed by atoms with Crippen LogP contribution in [0, 0.1) is 6.92 Å². The van der Waals surface area contributed by atoms with Gasteiger partial charge in [0.05, 0.1) is 11.4 Å². The van der Waals surface area contributed by atoms with Gasteiger partial charge in [0.2, 0.25) is 4.96 Å². The minimum atomic E-state index is 0.985. The van der Waals surface area contributed by atoms with E-state index in [2.05, 4.69) is 47.0 Å². The quantitative estimate of drug-likeness (QED) is 0.706. The Bertz CT molecular complexity index is 712. The van der Waals surface area contributed by atoms with Crippen molar-refractivity contribution < 1.29 is 0 Å². The highest BCUT2D eigenvalue weighted by molar-refractivity contribution is 9.10. The summed E-state index contributed by atoms with van der Waals surface area (Å²) in [5, 5.41) is 5.79. The van der Waals surface area contributed by atoms with E-state index in [1.165, 1.54) is 0 Å². The zero-order valence-corrected chi connectivity index (χ0v) is 13.3. The summed E-state index contributed by atoms with van der Waals surface area (Å²) < 4.78 is 3.05. The van der Waals surface area contributed by atoms with Crippen LogP contribution in [-0.2, 0) is 6.42 Å². The van der Waals surface area contributed by atoms with Gasteiger partial charge in [0.1, 0.15) is 5.01 Å². The molecule has 5 heteroatoms. The van der Waals surface area contributed by atoms with Crippen molar-refractivity contribution in [2.45, 2.75) is 26.7 Å². The van der Waals surface area contributed by atoms with Crippen molar-refractivity contribution in [3.63, 3.8) is 0 Å². The van der Waals surface area contributed by atoms with Gasteiger partial charge in [0.25, 0.3) is 0 Å². The van der Waals surface area contributed by atoms with Gasteiger partial charge in [0.15, 0.2) is 0 Å². The molecule has 0 fully saturated rings. The summed E-state index contributed by atoms with van der Waals surface area (Å²) in [5.41, 5.74) is 3.26. The molecular formula is C14H14BrN3S. The van der Waals surface area contributed by atoms with E-state index in [4.69, 9.17) is 4.98 Å². The van der Waals surface area contributed by atoms with E-state index in [-0.39, 0.29) is 0 Å². The standard InChI is InChI=1S/C14H14BrN3S/c1-3-4-12-17-18-9(2)13(16-14(18)19-12)10-5-7-11(15)8-6-10/h5-8H,3-4H2,1-2H3. The Hall–Kier alpha value is -1.20. The molecule has 1 aromatic carbocycles. The molecule has 0 bridgehead atoms. The van der Waals surface area contributed by atoms with E-state index in [1.54, 1.807) is 11.3 Å². The summed E-state index contributed by atoms with van der Waals surface area (Å²) in [6.07, 6.45) is 2.15. The Morgan fingerprint density at radius 2 is 2.00 bits per heavy atom. The Balaban J connectivity index is 2.07. The third kappa shape index (κ3) is 2.32. The van der Waals surface area contributed by atoms with E-state index in [0.29, 0.717) is 0 Å². The van der Waals surface area contributed by atoms with Crippen LogP contribution in [0.2, 0.25) is 0 Å². The zero-order valence-electron chi connectivity index (χ0n) is 10.9. The molecule has 0 radical (unpaired) electrons. The van der Waals surface area contributed by atoms with Crippen molar-refractivity contribution in [1.82, 2.24) is 14.6 Å². The van der Waals surface area contributed by atoms with Crippen molar-refractivity contribution in [3.8, 4) is 11.3 Å². The molecule has 2 heterocycles. The van der Waals surface area contributed by atoms with Gasteiger partial charge < -0.3 is 0 Å². The lowest BCUT2D eigenvalue weighted by atomic mass is 10.1. The molecule has 0 N–H and O–H groups in total. The van der Waals surface area contributed by atoms with Gasteiger partial charge in [-0.25, -0.2) is 9.50 Å². The predicted octanol–water partition coefficient (Wildman–Crippen LogP) is 4.48. The lowest BCUT2D eigenvalue weighted by molar-refractivity contribution is 0.835. The number of imidazole rings is 1. The normalized spacial score (nSPS) is 11.3. The van der Waals surface area contributed by atoms with Crippen molar-refractivity contribution in [2.75, 3.05) is 0 Å². The van der Waals surface area contributed by atoms with Crippen molar-refractivity contribution >= 4 is 32.2 Å². The summed E-state index contributed by atoms with van der Waals surface area (Å²) in [6, 6.07) is 8.24. The van der Waals surface area contributed by atoms with Crippen LogP contribution in [0.5, 0.6) is 0 Å². The first-order chi connectivity index (χ1) is 9.19. The van der Waals surface area contributed by atoms with E-state index in [0.717, 1.165) is 44.2 Å². The molecule has 0 unspecified atom stereocenters. The Kier molecular flexibility index (Phi) is 3.41. The molecule has 0 saturated carbocycles. The van der Waals surface area contributed by atoms with Crippen LogP contribution in [-0.4, -0.2) is 14.6 Å². The molecule has 0 aliphatic rings. The third-order valence-electron chi connectivity index (χ3n) is 3.05. The first-order valence-corrected chi connectivity index (χ1v) is 7.91. The van der Waals surface area contributed by atoms with Gasteiger partial charge in [-0.1, -0.05) is 46.3 Å². The number of aromatic nitrogens is 3. The maximum atomic E-state index is 4.72. The monoisotopic (exact) mass is 335 g/mol. The fourth-order valence-corrected chi connectivity index (χ4v) is 3.39. The third-order valence-corrected chi connectivity index (χ3v) is 4.55. The molecule has 0 saturated heterocycles. The Morgan fingerprint density at radius 1 is 1.26 bits per heavy atom. The second kappa shape index (κ2) is 5.06. The molecule has 19 heavy (non-hydrogen) atoms. The highest BCUT2D eigenvalue weighted by Crippen LogP contribution is 2.27. The van der Waals surface area contributed by atoms with Crippen molar-refractivity contribution in [3.05, 3.63) is 39.4 Å². The maximum Gasteiger partial charge on any atom is 0.212 e. The molecule has 3 rings (SSSR count). The summed E-state index contributed by atoms with van der Waals surface area (Å²) in [4.78, 5) is 5.70. The van der Waals surface area contributed by atoms with E-state index < -0.39 is 0 Å². The number of hydrogen-bond donors (Lipinski definition) is 0. The highest BCUT2D eigenvalue weighted by atomic mass is 79.9. The largest absolute Gasteiger partial charge is 0.217 e. The molecule has 3 aromatic rings. The second-order valence-corrected chi connectivity index (χ2v) is 6.45. The molecule has 98 valence electrons. The van der Waals surface area contributed by atoms with Gasteiger partial charge >= 0.3 is 0 Å². The lowest BCUT2D eigenvalue weighted by Crippen LogP contribution is -1.91. The average molecular weight is 336 g/mol. The van der Waals surface area contributed by atoms with Crippen LogP contribution >= 0.6 is 27.3 Å². The molecule has 3 nitrogen and oxygen atoms in total. The molecule has 0 atom stereocenters. The van der Waals surface area contributed by atoms with Crippen LogP contribution in [0.4, 0.5) is 0 Å². The number of hydrogen-bond acceptors (Lipinski definition) is 3. The number of halogens is 1. The number of benzene rings is 1. The fourth-order valence-electron chi connectivity index (χ4n) is 2.08. The van der Waals surface area contributed by atoms with Gasteiger partial charge in [-0.05, 0) is 25.5 Å². The molecule has 0 spiro atoms. The average Bonchev–Trinajstić information content (AvgIpc) is 2.91. The van der Waals surface area contributed by atoms with Gasteiger partial charge in [-0.2, -0.15) is 5.10 Å². The maximum absolute atomic E-state index is 4.72. The van der Waals surface area contributed by atoms with Crippen LogP contribution in [0.25, 0.3) is 16.2 Å². The van der Waals surface area contributed by atoms with Crippen LogP contribution in [0.1, 0.15) is 24.0 Å². The summed E-state index contributed by atoms with van der Waals surface area (Å²) >= 11 is 5.14. The van der Waals surface area contributed by atoms with Crippen molar-refractivity contribution in [2.24, 2.45) is 0 Å². The summed E-state index contributed by atoms with van der Waals surface area (Å²) in [7, 11) is 0. The van der Waals surface area contributed by atoms with Crippen LogP contribution < -0.4 is 0 Å². The number of fused-ring (bicyclic) bond motifs is 1. The zero-order chi connectivity index (χ0) is 13.4. The topological polar surface area (TPSA) is 30.2 Å². The smallest absolute Gasteiger partial charge is 0.212 e. The minimum absolute atomic E-state index is 0.985. The fraction of sp³-hybridized carbons (Fsp3) is 0.286. The highest BCUT2D eigenvalue weighted by Gasteiger charge is 2.14. The second-order valence-electron chi connectivity index (χ2n) is 4.49.